The maximum atomic E-state index is 11.1. The van der Waals surface area contributed by atoms with Crippen molar-refractivity contribution in [2.45, 2.75) is 32.7 Å². The summed E-state index contributed by atoms with van der Waals surface area (Å²) in [5.41, 5.74) is 1.34. The van der Waals surface area contributed by atoms with Gasteiger partial charge in [0.1, 0.15) is 5.78 Å². The van der Waals surface area contributed by atoms with Gasteiger partial charge in [-0.1, -0.05) is 0 Å². The van der Waals surface area contributed by atoms with Crippen LogP contribution in [0.2, 0.25) is 0 Å². The molecular weight excluding hydrogens is 162 g/mol. The van der Waals surface area contributed by atoms with Crippen LogP contribution in [0.5, 0.6) is 0 Å². The summed E-state index contributed by atoms with van der Waals surface area (Å²) in [4.78, 5) is 11.1. The zero-order chi connectivity index (χ0) is 9.42. The SMILES string of the molecule is CCn1cccc1C1CC1C(C)=O. The van der Waals surface area contributed by atoms with E-state index in [2.05, 4.69) is 29.8 Å². The molecule has 2 heteroatoms. The molecule has 1 aromatic heterocycles. The molecule has 1 aromatic rings. The lowest BCUT2D eigenvalue weighted by Gasteiger charge is -2.04. The van der Waals surface area contributed by atoms with Crippen LogP contribution in [-0.4, -0.2) is 10.4 Å². The maximum Gasteiger partial charge on any atom is 0.133 e. The molecule has 2 unspecified atom stereocenters. The molecule has 13 heavy (non-hydrogen) atoms. The molecule has 0 aromatic carbocycles. The Hall–Kier alpha value is -1.05. The van der Waals surface area contributed by atoms with Gasteiger partial charge in [-0.05, 0) is 32.4 Å². The molecule has 2 atom stereocenters. The van der Waals surface area contributed by atoms with E-state index in [0.717, 1.165) is 13.0 Å². The van der Waals surface area contributed by atoms with Crippen LogP contribution in [0.15, 0.2) is 18.3 Å². The summed E-state index contributed by atoms with van der Waals surface area (Å²) in [7, 11) is 0. The maximum absolute atomic E-state index is 11.1. The second kappa shape index (κ2) is 3.02. The van der Waals surface area contributed by atoms with Crippen molar-refractivity contribution >= 4 is 5.78 Å². The Bertz CT molecular complexity index is 327. The average molecular weight is 177 g/mol. The highest BCUT2D eigenvalue weighted by molar-refractivity contribution is 5.82. The summed E-state index contributed by atoms with van der Waals surface area (Å²) in [6, 6.07) is 4.20. The van der Waals surface area contributed by atoms with Gasteiger partial charge in [-0.2, -0.15) is 0 Å². The molecule has 70 valence electrons. The lowest BCUT2D eigenvalue weighted by molar-refractivity contribution is -0.118. The lowest BCUT2D eigenvalue weighted by atomic mass is 10.2. The highest BCUT2D eigenvalue weighted by Gasteiger charge is 2.42. The first-order chi connectivity index (χ1) is 6.24. The van der Waals surface area contributed by atoms with Gasteiger partial charge in [0.25, 0.3) is 0 Å². The van der Waals surface area contributed by atoms with Gasteiger partial charge in [0.05, 0.1) is 0 Å². The minimum atomic E-state index is 0.306. The number of rotatable bonds is 3. The number of carbonyl (C=O) groups excluding carboxylic acids is 1. The number of hydrogen-bond donors (Lipinski definition) is 0. The molecule has 0 spiro atoms. The number of aryl methyl sites for hydroxylation is 1. The summed E-state index contributed by atoms with van der Waals surface area (Å²) in [5.74, 6) is 1.15. The van der Waals surface area contributed by atoms with E-state index in [1.165, 1.54) is 5.69 Å². The highest BCUT2D eigenvalue weighted by Crippen LogP contribution is 2.47. The zero-order valence-electron chi connectivity index (χ0n) is 8.16. The number of hydrogen-bond acceptors (Lipinski definition) is 1. The van der Waals surface area contributed by atoms with Crippen molar-refractivity contribution in [1.29, 1.82) is 0 Å². The van der Waals surface area contributed by atoms with E-state index in [1.807, 2.05) is 0 Å². The van der Waals surface area contributed by atoms with Crippen molar-refractivity contribution in [3.8, 4) is 0 Å². The third kappa shape index (κ3) is 1.41. The van der Waals surface area contributed by atoms with E-state index in [9.17, 15) is 4.79 Å². The molecule has 0 bridgehead atoms. The minimum absolute atomic E-state index is 0.306. The molecule has 1 fully saturated rings. The van der Waals surface area contributed by atoms with Gasteiger partial charge >= 0.3 is 0 Å². The number of aromatic nitrogens is 1. The standard InChI is InChI=1S/C11H15NO/c1-3-12-6-4-5-11(12)10-7-9(10)8(2)13/h4-6,9-10H,3,7H2,1-2H3. The summed E-state index contributed by atoms with van der Waals surface area (Å²) in [5, 5.41) is 0. The number of ketones is 1. The first-order valence-electron chi connectivity index (χ1n) is 4.89. The van der Waals surface area contributed by atoms with Crippen LogP contribution < -0.4 is 0 Å². The van der Waals surface area contributed by atoms with E-state index in [1.54, 1.807) is 6.92 Å². The van der Waals surface area contributed by atoms with Gasteiger partial charge in [-0.3, -0.25) is 4.79 Å². The van der Waals surface area contributed by atoms with Gasteiger partial charge in [-0.15, -0.1) is 0 Å². The molecule has 0 N–H and O–H groups in total. The molecular formula is C11H15NO. The Morgan fingerprint density at radius 3 is 3.00 bits per heavy atom. The fourth-order valence-electron chi connectivity index (χ4n) is 2.02. The van der Waals surface area contributed by atoms with E-state index in [4.69, 9.17) is 0 Å². The van der Waals surface area contributed by atoms with E-state index in [0.29, 0.717) is 17.6 Å². The van der Waals surface area contributed by atoms with Crippen LogP contribution in [0.25, 0.3) is 0 Å². The van der Waals surface area contributed by atoms with Crippen molar-refractivity contribution in [2.75, 3.05) is 0 Å². The van der Waals surface area contributed by atoms with Crippen LogP contribution in [-0.2, 0) is 11.3 Å². The molecule has 0 radical (unpaired) electrons. The van der Waals surface area contributed by atoms with Gasteiger partial charge in [0.15, 0.2) is 0 Å². The van der Waals surface area contributed by atoms with Gasteiger partial charge in [0, 0.05) is 30.3 Å². The third-order valence-corrected chi connectivity index (χ3v) is 2.90. The molecule has 1 heterocycles. The fraction of sp³-hybridized carbons (Fsp3) is 0.545. The Kier molecular flexibility index (Phi) is 1.98. The Morgan fingerprint density at radius 2 is 2.46 bits per heavy atom. The van der Waals surface area contributed by atoms with Crippen LogP contribution in [0.1, 0.15) is 31.9 Å². The molecule has 2 nitrogen and oxygen atoms in total. The Labute approximate surface area is 78.6 Å². The Balaban J connectivity index is 2.15. The van der Waals surface area contributed by atoms with E-state index < -0.39 is 0 Å². The second-order valence-electron chi connectivity index (χ2n) is 3.78. The van der Waals surface area contributed by atoms with Crippen molar-refractivity contribution in [3.05, 3.63) is 24.0 Å². The summed E-state index contributed by atoms with van der Waals surface area (Å²) < 4.78 is 2.23. The molecule has 0 amide bonds. The molecule has 1 aliphatic carbocycles. The van der Waals surface area contributed by atoms with E-state index in [-0.39, 0.29) is 0 Å². The number of Topliss-reactive ketones (excluding diaryl/α,β-unsaturated/α-hetero) is 1. The van der Waals surface area contributed by atoms with Gasteiger partial charge in [-0.25, -0.2) is 0 Å². The fourth-order valence-corrected chi connectivity index (χ4v) is 2.02. The molecule has 1 aliphatic rings. The largest absolute Gasteiger partial charge is 0.351 e. The van der Waals surface area contributed by atoms with Crippen molar-refractivity contribution in [1.82, 2.24) is 4.57 Å². The lowest BCUT2D eigenvalue weighted by Crippen LogP contribution is -2.01. The van der Waals surface area contributed by atoms with Crippen molar-refractivity contribution < 1.29 is 4.79 Å². The van der Waals surface area contributed by atoms with Crippen LogP contribution >= 0.6 is 0 Å². The monoisotopic (exact) mass is 177 g/mol. The topological polar surface area (TPSA) is 22.0 Å². The van der Waals surface area contributed by atoms with Crippen LogP contribution in [0.4, 0.5) is 0 Å². The normalized spacial score (nSPS) is 26.0. The highest BCUT2D eigenvalue weighted by atomic mass is 16.1. The summed E-state index contributed by atoms with van der Waals surface area (Å²) in [6.45, 7) is 4.84. The predicted molar refractivity (Wildman–Crippen MR) is 51.6 cm³/mol. The summed E-state index contributed by atoms with van der Waals surface area (Å²) >= 11 is 0. The van der Waals surface area contributed by atoms with Crippen molar-refractivity contribution in [3.63, 3.8) is 0 Å². The van der Waals surface area contributed by atoms with Gasteiger partial charge < -0.3 is 4.57 Å². The molecule has 1 saturated carbocycles. The van der Waals surface area contributed by atoms with Crippen LogP contribution in [0, 0.1) is 5.92 Å². The minimum Gasteiger partial charge on any atom is -0.351 e. The summed E-state index contributed by atoms with van der Waals surface area (Å²) in [6.07, 6.45) is 3.14. The second-order valence-corrected chi connectivity index (χ2v) is 3.78. The Morgan fingerprint density at radius 1 is 1.69 bits per heavy atom. The first kappa shape index (κ1) is 8.54. The van der Waals surface area contributed by atoms with Crippen LogP contribution in [0.3, 0.4) is 0 Å². The molecule has 2 rings (SSSR count). The first-order valence-corrected chi connectivity index (χ1v) is 4.89. The average Bonchev–Trinajstić information content (AvgIpc) is 2.77. The number of carbonyl (C=O) groups is 1. The van der Waals surface area contributed by atoms with Gasteiger partial charge in [0.2, 0.25) is 0 Å². The third-order valence-electron chi connectivity index (χ3n) is 2.90. The molecule has 0 saturated heterocycles. The molecule has 0 aliphatic heterocycles. The quantitative estimate of drug-likeness (QED) is 0.693. The van der Waals surface area contributed by atoms with Crippen molar-refractivity contribution in [2.24, 2.45) is 5.92 Å². The predicted octanol–water partition coefficient (Wildman–Crippen LogP) is 2.20. The number of nitrogens with zero attached hydrogens (tertiary/aromatic N) is 1. The smallest absolute Gasteiger partial charge is 0.133 e. The van der Waals surface area contributed by atoms with E-state index >= 15 is 0 Å². The zero-order valence-corrected chi connectivity index (χ0v) is 8.16.